The van der Waals surface area contributed by atoms with Crippen LogP contribution in [0.1, 0.15) is 25.3 Å². The number of hydrogen-bond acceptors (Lipinski definition) is 5. The molecular formula is C15H21N3O5. The van der Waals surface area contributed by atoms with Crippen molar-refractivity contribution in [2.45, 2.75) is 38.0 Å². The zero-order valence-electron chi connectivity index (χ0n) is 12.8. The fourth-order valence-corrected chi connectivity index (χ4v) is 1.88. The van der Waals surface area contributed by atoms with E-state index in [9.17, 15) is 14.4 Å². The van der Waals surface area contributed by atoms with Crippen LogP contribution in [0, 0.1) is 0 Å². The van der Waals surface area contributed by atoms with Gasteiger partial charge in [-0.2, -0.15) is 0 Å². The largest absolute Gasteiger partial charge is 0.480 e. The molecule has 0 bridgehead atoms. The Kier molecular flexibility index (Phi) is 6.52. The van der Waals surface area contributed by atoms with E-state index in [-0.39, 0.29) is 19.4 Å². The van der Waals surface area contributed by atoms with E-state index in [2.05, 4.69) is 5.32 Å². The number of benzene rings is 1. The van der Waals surface area contributed by atoms with Crippen LogP contribution in [0.3, 0.4) is 0 Å². The van der Waals surface area contributed by atoms with Gasteiger partial charge >= 0.3 is 12.1 Å². The first-order valence-corrected chi connectivity index (χ1v) is 7.07. The van der Waals surface area contributed by atoms with Gasteiger partial charge in [0.05, 0.1) is 0 Å². The molecule has 6 N–H and O–H groups in total. The van der Waals surface area contributed by atoms with Gasteiger partial charge in [0.1, 0.15) is 18.2 Å². The standard InChI is InChI=1S/C15H21N3O5/c1-2-15(17,13(20)21)8-11(12(16)19)18-14(22)23-9-10-6-4-3-5-7-10/h3-7,11H,2,8-9,17H2,1H3,(H2,16,19)(H,18,22)(H,20,21)/t11-,15?/m0/s1. The van der Waals surface area contributed by atoms with Crippen molar-refractivity contribution in [2.24, 2.45) is 11.5 Å². The maximum Gasteiger partial charge on any atom is 0.408 e. The molecule has 2 amide bonds. The lowest BCUT2D eigenvalue weighted by Gasteiger charge is -2.27. The van der Waals surface area contributed by atoms with E-state index in [0.29, 0.717) is 0 Å². The summed E-state index contributed by atoms with van der Waals surface area (Å²) < 4.78 is 4.97. The van der Waals surface area contributed by atoms with Crippen molar-refractivity contribution in [3.8, 4) is 0 Å². The Labute approximate surface area is 133 Å². The highest BCUT2D eigenvalue weighted by atomic mass is 16.5. The highest BCUT2D eigenvalue weighted by Gasteiger charge is 2.37. The van der Waals surface area contributed by atoms with Crippen LogP contribution >= 0.6 is 0 Å². The molecule has 8 heteroatoms. The molecule has 2 atom stereocenters. The number of carboxylic acids is 1. The zero-order valence-corrected chi connectivity index (χ0v) is 12.8. The second-order valence-electron chi connectivity index (χ2n) is 5.18. The summed E-state index contributed by atoms with van der Waals surface area (Å²) in [5.74, 6) is -2.16. The molecule has 0 spiro atoms. The lowest BCUT2D eigenvalue weighted by molar-refractivity contribution is -0.144. The molecule has 23 heavy (non-hydrogen) atoms. The SMILES string of the molecule is CCC(N)(C[C@H](NC(=O)OCc1ccccc1)C(N)=O)C(=O)O. The Hall–Kier alpha value is -2.61. The number of nitrogens with two attached hydrogens (primary N) is 2. The van der Waals surface area contributed by atoms with Crippen molar-refractivity contribution in [3.05, 3.63) is 35.9 Å². The summed E-state index contributed by atoms with van der Waals surface area (Å²) in [6.45, 7) is 1.58. The normalized spacial score (nSPS) is 14.3. The molecule has 0 aliphatic rings. The highest BCUT2D eigenvalue weighted by Crippen LogP contribution is 2.15. The quantitative estimate of drug-likeness (QED) is 0.543. The lowest BCUT2D eigenvalue weighted by atomic mass is 9.89. The van der Waals surface area contributed by atoms with Crippen molar-refractivity contribution in [3.63, 3.8) is 0 Å². The van der Waals surface area contributed by atoms with Crippen LogP contribution in [0.2, 0.25) is 0 Å². The molecule has 0 aliphatic heterocycles. The summed E-state index contributed by atoms with van der Waals surface area (Å²) in [7, 11) is 0. The number of carbonyl (C=O) groups is 3. The maximum absolute atomic E-state index is 11.7. The van der Waals surface area contributed by atoms with Gasteiger partial charge in [0.25, 0.3) is 0 Å². The number of ether oxygens (including phenoxy) is 1. The molecule has 1 rings (SSSR count). The van der Waals surface area contributed by atoms with Gasteiger partial charge in [-0.3, -0.25) is 9.59 Å². The molecule has 0 saturated heterocycles. The van der Waals surface area contributed by atoms with Crippen molar-refractivity contribution < 1.29 is 24.2 Å². The van der Waals surface area contributed by atoms with Gasteiger partial charge in [-0.25, -0.2) is 4.79 Å². The fourth-order valence-electron chi connectivity index (χ4n) is 1.88. The number of alkyl carbamates (subject to hydrolysis) is 1. The summed E-state index contributed by atoms with van der Waals surface area (Å²) >= 11 is 0. The number of carboxylic acid groups (broad SMARTS) is 1. The van der Waals surface area contributed by atoms with Crippen LogP contribution in [0.5, 0.6) is 0 Å². The zero-order chi connectivity index (χ0) is 17.5. The Bertz CT molecular complexity index is 563. The second-order valence-corrected chi connectivity index (χ2v) is 5.18. The van der Waals surface area contributed by atoms with E-state index in [1.54, 1.807) is 31.2 Å². The first-order valence-electron chi connectivity index (χ1n) is 7.07. The summed E-state index contributed by atoms with van der Waals surface area (Å²) in [6.07, 6.45) is -1.12. The van der Waals surface area contributed by atoms with Gasteiger partial charge < -0.3 is 26.6 Å². The number of primary amides is 1. The molecule has 0 aliphatic carbocycles. The second kappa shape index (κ2) is 8.14. The summed E-state index contributed by atoms with van der Waals surface area (Å²) in [6, 6.07) is 7.71. The van der Waals surface area contributed by atoms with Crippen LogP contribution in [-0.2, 0) is 20.9 Å². The van der Waals surface area contributed by atoms with E-state index in [1.807, 2.05) is 6.07 Å². The number of aliphatic carboxylic acids is 1. The Morgan fingerprint density at radius 3 is 2.39 bits per heavy atom. The van der Waals surface area contributed by atoms with E-state index < -0.39 is 29.6 Å². The predicted octanol–water partition coefficient (Wildman–Crippen LogP) is 0.349. The van der Waals surface area contributed by atoms with Crippen LogP contribution in [0.25, 0.3) is 0 Å². The van der Waals surface area contributed by atoms with Gasteiger partial charge in [-0.05, 0) is 12.0 Å². The van der Waals surface area contributed by atoms with E-state index in [0.717, 1.165) is 5.56 Å². The first-order chi connectivity index (χ1) is 10.8. The van der Waals surface area contributed by atoms with Gasteiger partial charge in [0.15, 0.2) is 0 Å². The molecule has 1 aromatic carbocycles. The number of rotatable bonds is 8. The van der Waals surface area contributed by atoms with E-state index >= 15 is 0 Å². The van der Waals surface area contributed by atoms with Crippen LogP contribution in [0.15, 0.2) is 30.3 Å². The molecule has 0 radical (unpaired) electrons. The van der Waals surface area contributed by atoms with Gasteiger partial charge in [0.2, 0.25) is 5.91 Å². The molecule has 1 unspecified atom stereocenters. The van der Waals surface area contributed by atoms with Crippen LogP contribution in [0.4, 0.5) is 4.79 Å². The van der Waals surface area contributed by atoms with Gasteiger partial charge in [0, 0.05) is 6.42 Å². The predicted molar refractivity (Wildman–Crippen MR) is 82.2 cm³/mol. The third-order valence-electron chi connectivity index (χ3n) is 3.47. The highest BCUT2D eigenvalue weighted by molar-refractivity contribution is 5.86. The Morgan fingerprint density at radius 1 is 1.30 bits per heavy atom. The topological polar surface area (TPSA) is 145 Å². The van der Waals surface area contributed by atoms with Crippen LogP contribution in [-0.4, -0.2) is 34.7 Å². The van der Waals surface area contributed by atoms with Crippen LogP contribution < -0.4 is 16.8 Å². The average molecular weight is 323 g/mol. The molecule has 1 aromatic rings. The minimum Gasteiger partial charge on any atom is -0.480 e. The monoisotopic (exact) mass is 323 g/mol. The Balaban J connectivity index is 2.63. The van der Waals surface area contributed by atoms with E-state index in [1.165, 1.54) is 0 Å². The third-order valence-corrected chi connectivity index (χ3v) is 3.47. The smallest absolute Gasteiger partial charge is 0.408 e. The fraction of sp³-hybridized carbons (Fsp3) is 0.400. The number of carbonyl (C=O) groups excluding carboxylic acids is 2. The van der Waals surface area contributed by atoms with Crippen molar-refractivity contribution in [2.75, 3.05) is 0 Å². The number of hydrogen-bond donors (Lipinski definition) is 4. The molecule has 0 saturated carbocycles. The lowest BCUT2D eigenvalue weighted by Crippen LogP contribution is -2.56. The first kappa shape index (κ1) is 18.4. The Morgan fingerprint density at radius 2 is 1.91 bits per heavy atom. The summed E-state index contributed by atoms with van der Waals surface area (Å²) in [5.41, 5.74) is 10.0. The van der Waals surface area contributed by atoms with Crippen molar-refractivity contribution in [1.29, 1.82) is 0 Å². The summed E-state index contributed by atoms with van der Waals surface area (Å²) in [4.78, 5) is 34.4. The molecule has 8 nitrogen and oxygen atoms in total. The third kappa shape index (κ3) is 5.59. The average Bonchev–Trinajstić information content (AvgIpc) is 2.52. The van der Waals surface area contributed by atoms with Crippen molar-refractivity contribution in [1.82, 2.24) is 5.32 Å². The minimum atomic E-state index is -1.66. The van der Waals surface area contributed by atoms with Gasteiger partial charge in [-0.15, -0.1) is 0 Å². The van der Waals surface area contributed by atoms with E-state index in [4.69, 9.17) is 21.3 Å². The summed E-state index contributed by atoms with van der Waals surface area (Å²) in [5, 5.41) is 11.4. The van der Waals surface area contributed by atoms with Gasteiger partial charge in [-0.1, -0.05) is 37.3 Å². The molecule has 0 fully saturated rings. The maximum atomic E-state index is 11.7. The van der Waals surface area contributed by atoms with Crippen molar-refractivity contribution >= 4 is 18.0 Å². The molecular weight excluding hydrogens is 302 g/mol. The number of nitrogens with one attached hydrogen (secondary N) is 1. The molecule has 0 heterocycles. The molecule has 0 aromatic heterocycles. The number of amides is 2. The minimum absolute atomic E-state index is 0.0125. The molecule has 126 valence electrons.